The molecule has 0 spiro atoms. The number of halogens is 3. The lowest BCUT2D eigenvalue weighted by atomic mass is 10.0. The molecule has 3 aromatic carbocycles. The minimum atomic E-state index is -0.884. The lowest BCUT2D eigenvalue weighted by Gasteiger charge is -2.10. The van der Waals surface area contributed by atoms with E-state index in [-0.39, 0.29) is 29.6 Å². The SMILES string of the molecule is C/C=C/c1ccc(OCc2ccc(-c3ccc(C4CO4)c(F)c3F)cc2)c(F)c1. The van der Waals surface area contributed by atoms with Gasteiger partial charge in [0.1, 0.15) is 12.7 Å². The van der Waals surface area contributed by atoms with Gasteiger partial charge in [0, 0.05) is 11.1 Å². The number of ether oxygens (including phenoxy) is 2. The molecular formula is C24H19F3O2. The average molecular weight is 396 g/mol. The van der Waals surface area contributed by atoms with Gasteiger partial charge >= 0.3 is 0 Å². The summed E-state index contributed by atoms with van der Waals surface area (Å²) in [6, 6.07) is 14.8. The van der Waals surface area contributed by atoms with Crippen LogP contribution >= 0.6 is 0 Å². The van der Waals surface area contributed by atoms with Gasteiger partial charge in [-0.05, 0) is 35.7 Å². The molecule has 4 rings (SSSR count). The number of rotatable bonds is 6. The second-order valence-electron chi connectivity index (χ2n) is 6.83. The third-order valence-corrected chi connectivity index (χ3v) is 4.77. The quantitative estimate of drug-likeness (QED) is 0.446. The first-order valence-corrected chi connectivity index (χ1v) is 9.30. The maximum atomic E-state index is 14.4. The first kappa shape index (κ1) is 19.3. The minimum Gasteiger partial charge on any atom is -0.486 e. The fourth-order valence-corrected chi connectivity index (χ4v) is 3.14. The molecule has 1 saturated heterocycles. The summed E-state index contributed by atoms with van der Waals surface area (Å²) in [5.74, 6) is -2.03. The summed E-state index contributed by atoms with van der Waals surface area (Å²) in [6.45, 7) is 2.44. The first-order chi connectivity index (χ1) is 14.1. The van der Waals surface area contributed by atoms with E-state index in [2.05, 4.69) is 0 Å². The number of hydrogen-bond donors (Lipinski definition) is 0. The van der Waals surface area contributed by atoms with Crippen molar-refractivity contribution in [1.82, 2.24) is 0 Å². The van der Waals surface area contributed by atoms with Gasteiger partial charge in [-0.25, -0.2) is 13.2 Å². The smallest absolute Gasteiger partial charge is 0.167 e. The minimum absolute atomic E-state index is 0.160. The molecule has 29 heavy (non-hydrogen) atoms. The van der Waals surface area contributed by atoms with Gasteiger partial charge in [0.15, 0.2) is 23.2 Å². The highest BCUT2D eigenvalue weighted by Gasteiger charge is 2.30. The molecule has 0 bridgehead atoms. The molecule has 0 amide bonds. The van der Waals surface area contributed by atoms with Crippen LogP contribution in [0.1, 0.15) is 29.7 Å². The van der Waals surface area contributed by atoms with Crippen molar-refractivity contribution in [2.75, 3.05) is 6.61 Å². The number of epoxide rings is 1. The van der Waals surface area contributed by atoms with Crippen LogP contribution < -0.4 is 4.74 Å². The molecule has 5 heteroatoms. The lowest BCUT2D eigenvalue weighted by Crippen LogP contribution is -1.99. The van der Waals surface area contributed by atoms with Crippen molar-refractivity contribution in [3.05, 3.63) is 94.8 Å². The van der Waals surface area contributed by atoms with Crippen LogP contribution in [-0.2, 0) is 11.3 Å². The van der Waals surface area contributed by atoms with E-state index in [0.29, 0.717) is 12.2 Å². The highest BCUT2D eigenvalue weighted by atomic mass is 19.2. The van der Waals surface area contributed by atoms with Gasteiger partial charge in [-0.3, -0.25) is 0 Å². The molecule has 1 heterocycles. The van der Waals surface area contributed by atoms with Crippen molar-refractivity contribution >= 4 is 6.08 Å². The van der Waals surface area contributed by atoms with Crippen molar-refractivity contribution in [3.63, 3.8) is 0 Å². The van der Waals surface area contributed by atoms with Gasteiger partial charge in [-0.2, -0.15) is 0 Å². The largest absolute Gasteiger partial charge is 0.486 e. The fraction of sp³-hybridized carbons (Fsp3) is 0.167. The lowest BCUT2D eigenvalue weighted by molar-refractivity contribution is 0.290. The molecule has 0 saturated carbocycles. The predicted molar refractivity (Wildman–Crippen MR) is 106 cm³/mol. The summed E-state index contributed by atoms with van der Waals surface area (Å²) >= 11 is 0. The summed E-state index contributed by atoms with van der Waals surface area (Å²) in [4.78, 5) is 0. The van der Waals surface area contributed by atoms with Crippen LogP contribution in [0, 0.1) is 17.5 Å². The van der Waals surface area contributed by atoms with Gasteiger partial charge in [0.2, 0.25) is 0 Å². The van der Waals surface area contributed by atoms with E-state index >= 15 is 0 Å². The van der Waals surface area contributed by atoms with Gasteiger partial charge < -0.3 is 9.47 Å². The normalized spacial score (nSPS) is 15.7. The fourth-order valence-electron chi connectivity index (χ4n) is 3.14. The highest BCUT2D eigenvalue weighted by Crippen LogP contribution is 2.35. The molecule has 1 atom stereocenters. The van der Waals surface area contributed by atoms with E-state index in [0.717, 1.165) is 11.1 Å². The van der Waals surface area contributed by atoms with Crippen LogP contribution in [0.25, 0.3) is 17.2 Å². The average Bonchev–Trinajstić information content (AvgIpc) is 3.55. The second-order valence-corrected chi connectivity index (χ2v) is 6.83. The summed E-state index contributed by atoms with van der Waals surface area (Å²) in [5, 5.41) is 0. The van der Waals surface area contributed by atoms with Crippen molar-refractivity contribution < 1.29 is 22.6 Å². The molecule has 1 aliphatic heterocycles. The van der Waals surface area contributed by atoms with Gasteiger partial charge in [0.05, 0.1) is 6.61 Å². The van der Waals surface area contributed by atoms with Crippen molar-refractivity contribution in [3.8, 4) is 16.9 Å². The predicted octanol–water partition coefficient (Wildman–Crippen LogP) is 6.45. The Balaban J connectivity index is 1.47. The summed E-state index contributed by atoms with van der Waals surface area (Å²) in [5.41, 5.74) is 2.53. The molecule has 1 unspecified atom stereocenters. The Bertz CT molecular complexity index is 1050. The van der Waals surface area contributed by atoms with Crippen LogP contribution in [0.3, 0.4) is 0 Å². The van der Waals surface area contributed by atoms with Crippen LogP contribution in [0.2, 0.25) is 0 Å². The Morgan fingerprint density at radius 1 is 1.00 bits per heavy atom. The zero-order chi connectivity index (χ0) is 20.4. The van der Waals surface area contributed by atoms with Crippen molar-refractivity contribution in [1.29, 1.82) is 0 Å². The van der Waals surface area contributed by atoms with E-state index in [1.54, 1.807) is 54.6 Å². The Morgan fingerprint density at radius 3 is 2.41 bits per heavy atom. The van der Waals surface area contributed by atoms with E-state index < -0.39 is 17.5 Å². The second kappa shape index (κ2) is 8.13. The Hall–Kier alpha value is -3.05. The van der Waals surface area contributed by atoms with E-state index in [1.807, 2.05) is 13.0 Å². The molecule has 1 fully saturated rings. The monoisotopic (exact) mass is 396 g/mol. The third kappa shape index (κ3) is 4.20. The molecule has 148 valence electrons. The standard InChI is InChI=1S/C24H19F3O2/c1-2-3-15-6-11-21(20(25)12-15)28-13-16-4-7-17(8-5-16)18-9-10-19(22-14-29-22)24(27)23(18)26/h2-12,22H,13-14H2,1H3/b3-2+. The summed E-state index contributed by atoms with van der Waals surface area (Å²) in [7, 11) is 0. The molecule has 0 aliphatic carbocycles. The Morgan fingerprint density at radius 2 is 1.76 bits per heavy atom. The van der Waals surface area contributed by atoms with Crippen LogP contribution in [-0.4, -0.2) is 6.61 Å². The molecule has 0 aromatic heterocycles. The maximum Gasteiger partial charge on any atom is 0.167 e. The van der Waals surface area contributed by atoms with E-state index in [9.17, 15) is 13.2 Å². The highest BCUT2D eigenvalue weighted by molar-refractivity contribution is 5.65. The molecule has 0 N–H and O–H groups in total. The number of hydrogen-bond acceptors (Lipinski definition) is 2. The van der Waals surface area contributed by atoms with Gasteiger partial charge in [0.25, 0.3) is 0 Å². The molecule has 1 aliphatic rings. The Labute approximate surface area is 167 Å². The molecular weight excluding hydrogens is 377 g/mol. The van der Waals surface area contributed by atoms with Gasteiger partial charge in [-0.1, -0.05) is 54.6 Å². The van der Waals surface area contributed by atoms with Gasteiger partial charge in [-0.15, -0.1) is 0 Å². The summed E-state index contributed by atoms with van der Waals surface area (Å²) < 4.78 is 53.3. The molecule has 2 nitrogen and oxygen atoms in total. The van der Waals surface area contributed by atoms with Crippen LogP contribution in [0.15, 0.2) is 60.7 Å². The molecule has 3 aromatic rings. The number of allylic oxidation sites excluding steroid dienone is 1. The third-order valence-electron chi connectivity index (χ3n) is 4.77. The molecule has 0 radical (unpaired) electrons. The van der Waals surface area contributed by atoms with Crippen LogP contribution in [0.4, 0.5) is 13.2 Å². The van der Waals surface area contributed by atoms with Crippen molar-refractivity contribution in [2.45, 2.75) is 19.6 Å². The van der Waals surface area contributed by atoms with Crippen LogP contribution in [0.5, 0.6) is 5.75 Å². The van der Waals surface area contributed by atoms with E-state index in [4.69, 9.17) is 9.47 Å². The zero-order valence-corrected chi connectivity index (χ0v) is 15.8. The first-order valence-electron chi connectivity index (χ1n) is 9.30. The zero-order valence-electron chi connectivity index (χ0n) is 15.8. The maximum absolute atomic E-state index is 14.4. The number of benzene rings is 3. The topological polar surface area (TPSA) is 21.8 Å². The summed E-state index contributed by atoms with van der Waals surface area (Å²) in [6.07, 6.45) is 3.29. The Kier molecular flexibility index (Phi) is 5.41. The van der Waals surface area contributed by atoms with E-state index in [1.165, 1.54) is 6.07 Å². The van der Waals surface area contributed by atoms with Crippen molar-refractivity contribution in [2.24, 2.45) is 0 Å².